The van der Waals surface area contributed by atoms with E-state index < -0.39 is 5.92 Å². The molecule has 1 N–H and O–H groups in total. The van der Waals surface area contributed by atoms with Crippen LogP contribution >= 0.6 is 15.9 Å². The maximum absolute atomic E-state index is 13.6. The Balaban J connectivity index is 1.64. The first kappa shape index (κ1) is 16.6. The van der Waals surface area contributed by atoms with Crippen molar-refractivity contribution in [2.45, 2.75) is 13.0 Å². The molecule has 0 aromatic heterocycles. The SMILES string of the molecule is O=C(NCc1ccccc1F)C1CC(=O)N(c2ccccc2Br)C1. The molecule has 6 heteroatoms. The van der Waals surface area contributed by atoms with E-state index >= 15 is 0 Å². The minimum atomic E-state index is -0.434. The van der Waals surface area contributed by atoms with Crippen LogP contribution in [-0.4, -0.2) is 18.4 Å². The highest BCUT2D eigenvalue weighted by molar-refractivity contribution is 9.10. The lowest BCUT2D eigenvalue weighted by Gasteiger charge is -2.18. The van der Waals surface area contributed by atoms with Gasteiger partial charge in [-0.2, -0.15) is 0 Å². The van der Waals surface area contributed by atoms with Gasteiger partial charge in [0.1, 0.15) is 5.82 Å². The van der Waals surface area contributed by atoms with E-state index in [1.165, 1.54) is 6.07 Å². The van der Waals surface area contributed by atoms with E-state index in [2.05, 4.69) is 21.2 Å². The molecule has 2 aromatic rings. The molecule has 4 nitrogen and oxygen atoms in total. The molecular weight excluding hydrogens is 375 g/mol. The molecule has 3 rings (SSSR count). The summed E-state index contributed by atoms with van der Waals surface area (Å²) in [6, 6.07) is 13.7. The summed E-state index contributed by atoms with van der Waals surface area (Å²) < 4.78 is 14.4. The standard InChI is InChI=1S/C18H16BrFN2O2/c19-14-6-2-4-8-16(14)22-11-13(9-17(22)23)18(24)21-10-12-5-1-3-7-15(12)20/h1-8,13H,9-11H2,(H,21,24). The van der Waals surface area contributed by atoms with E-state index in [0.29, 0.717) is 12.1 Å². The first-order valence-electron chi connectivity index (χ1n) is 7.62. The minimum Gasteiger partial charge on any atom is -0.352 e. The number of hydrogen-bond donors (Lipinski definition) is 1. The quantitative estimate of drug-likeness (QED) is 0.870. The van der Waals surface area contributed by atoms with Crippen LogP contribution in [0.5, 0.6) is 0 Å². The number of nitrogens with one attached hydrogen (secondary N) is 1. The largest absolute Gasteiger partial charge is 0.352 e. The second kappa shape index (κ2) is 7.13. The third-order valence-corrected chi connectivity index (χ3v) is 4.72. The Bertz CT molecular complexity index is 781. The van der Waals surface area contributed by atoms with Gasteiger partial charge in [0, 0.05) is 29.5 Å². The van der Waals surface area contributed by atoms with Crippen molar-refractivity contribution in [2.75, 3.05) is 11.4 Å². The monoisotopic (exact) mass is 390 g/mol. The highest BCUT2D eigenvalue weighted by atomic mass is 79.9. The summed E-state index contributed by atoms with van der Waals surface area (Å²) in [5.74, 6) is -1.11. The number of benzene rings is 2. The fourth-order valence-corrected chi connectivity index (χ4v) is 3.25. The summed E-state index contributed by atoms with van der Waals surface area (Å²) in [6.07, 6.45) is 0.157. The lowest BCUT2D eigenvalue weighted by atomic mass is 10.1. The van der Waals surface area contributed by atoms with Gasteiger partial charge in [0.15, 0.2) is 0 Å². The first-order valence-corrected chi connectivity index (χ1v) is 8.41. The molecule has 2 aromatic carbocycles. The van der Waals surface area contributed by atoms with Crippen LogP contribution in [0.25, 0.3) is 0 Å². The number of amides is 2. The van der Waals surface area contributed by atoms with Crippen molar-refractivity contribution in [3.8, 4) is 0 Å². The van der Waals surface area contributed by atoms with Gasteiger partial charge in [-0.05, 0) is 34.1 Å². The van der Waals surface area contributed by atoms with Crippen LogP contribution in [0, 0.1) is 11.7 Å². The molecule has 0 spiro atoms. The number of anilines is 1. The Morgan fingerprint density at radius 1 is 1.21 bits per heavy atom. The average Bonchev–Trinajstić information content (AvgIpc) is 2.96. The van der Waals surface area contributed by atoms with E-state index in [-0.39, 0.29) is 30.6 Å². The van der Waals surface area contributed by atoms with E-state index in [1.54, 1.807) is 23.1 Å². The zero-order valence-corrected chi connectivity index (χ0v) is 14.4. The van der Waals surface area contributed by atoms with Crippen molar-refractivity contribution in [1.29, 1.82) is 0 Å². The Hall–Kier alpha value is -2.21. The summed E-state index contributed by atoms with van der Waals surface area (Å²) in [7, 11) is 0. The van der Waals surface area contributed by atoms with Gasteiger partial charge in [0.05, 0.1) is 11.6 Å². The predicted octanol–water partition coefficient (Wildman–Crippen LogP) is 3.26. The summed E-state index contributed by atoms with van der Waals surface area (Å²) in [4.78, 5) is 26.2. The molecule has 124 valence electrons. The maximum Gasteiger partial charge on any atom is 0.227 e. The number of nitrogens with zero attached hydrogens (tertiary/aromatic N) is 1. The molecule has 1 aliphatic heterocycles. The van der Waals surface area contributed by atoms with Gasteiger partial charge < -0.3 is 10.2 Å². The van der Waals surface area contributed by atoms with Gasteiger partial charge in [0.25, 0.3) is 0 Å². The Morgan fingerprint density at radius 2 is 1.92 bits per heavy atom. The zero-order chi connectivity index (χ0) is 17.1. The molecule has 1 aliphatic rings. The molecule has 1 saturated heterocycles. The number of rotatable bonds is 4. The summed E-state index contributed by atoms with van der Waals surface area (Å²) in [5, 5.41) is 2.72. The Kier molecular flexibility index (Phi) is 4.94. The van der Waals surface area contributed by atoms with E-state index in [4.69, 9.17) is 0 Å². The molecule has 1 heterocycles. The third-order valence-electron chi connectivity index (χ3n) is 4.05. The van der Waals surface area contributed by atoms with Gasteiger partial charge >= 0.3 is 0 Å². The number of hydrogen-bond acceptors (Lipinski definition) is 2. The lowest BCUT2D eigenvalue weighted by molar-refractivity contribution is -0.126. The normalized spacial score (nSPS) is 17.2. The molecule has 1 atom stereocenters. The summed E-state index contributed by atoms with van der Waals surface area (Å²) in [6.45, 7) is 0.440. The van der Waals surface area contributed by atoms with Gasteiger partial charge in [-0.3, -0.25) is 9.59 Å². The van der Waals surface area contributed by atoms with E-state index in [1.807, 2.05) is 24.3 Å². The highest BCUT2D eigenvalue weighted by Gasteiger charge is 2.35. The second-order valence-electron chi connectivity index (χ2n) is 5.67. The number of halogens is 2. The van der Waals surface area contributed by atoms with Crippen molar-refractivity contribution in [3.05, 3.63) is 64.4 Å². The van der Waals surface area contributed by atoms with Crippen molar-refractivity contribution in [3.63, 3.8) is 0 Å². The van der Waals surface area contributed by atoms with E-state index in [0.717, 1.165) is 10.2 Å². The van der Waals surface area contributed by atoms with Crippen LogP contribution in [0.4, 0.5) is 10.1 Å². The molecule has 0 bridgehead atoms. The van der Waals surface area contributed by atoms with E-state index in [9.17, 15) is 14.0 Å². The van der Waals surface area contributed by atoms with Gasteiger partial charge in [0.2, 0.25) is 11.8 Å². The Morgan fingerprint density at radius 3 is 2.67 bits per heavy atom. The van der Waals surface area contributed by atoms with Crippen molar-refractivity contribution >= 4 is 33.4 Å². The summed E-state index contributed by atoms with van der Waals surface area (Å²) >= 11 is 3.42. The van der Waals surface area contributed by atoms with Crippen LogP contribution in [-0.2, 0) is 16.1 Å². The molecule has 1 fully saturated rings. The van der Waals surface area contributed by atoms with Crippen LogP contribution in [0.15, 0.2) is 53.0 Å². The fraction of sp³-hybridized carbons (Fsp3) is 0.222. The topological polar surface area (TPSA) is 49.4 Å². The smallest absolute Gasteiger partial charge is 0.227 e. The summed E-state index contributed by atoms with van der Waals surface area (Å²) in [5.41, 5.74) is 1.18. The van der Waals surface area contributed by atoms with Crippen molar-refractivity contribution < 1.29 is 14.0 Å². The average molecular weight is 391 g/mol. The maximum atomic E-state index is 13.6. The van der Waals surface area contributed by atoms with Crippen molar-refractivity contribution in [1.82, 2.24) is 5.32 Å². The zero-order valence-electron chi connectivity index (χ0n) is 12.8. The van der Waals surface area contributed by atoms with Gasteiger partial charge in [-0.15, -0.1) is 0 Å². The molecule has 0 aliphatic carbocycles. The number of para-hydroxylation sites is 1. The van der Waals surface area contributed by atoms with Crippen LogP contribution < -0.4 is 10.2 Å². The molecule has 24 heavy (non-hydrogen) atoms. The second-order valence-corrected chi connectivity index (χ2v) is 6.52. The predicted molar refractivity (Wildman–Crippen MR) is 92.8 cm³/mol. The van der Waals surface area contributed by atoms with Gasteiger partial charge in [-0.25, -0.2) is 4.39 Å². The molecule has 2 amide bonds. The van der Waals surface area contributed by atoms with Crippen LogP contribution in [0.3, 0.4) is 0 Å². The van der Waals surface area contributed by atoms with Crippen LogP contribution in [0.2, 0.25) is 0 Å². The first-order chi connectivity index (χ1) is 11.6. The Labute approximate surface area is 147 Å². The molecule has 1 unspecified atom stereocenters. The van der Waals surface area contributed by atoms with Crippen molar-refractivity contribution in [2.24, 2.45) is 5.92 Å². The number of carbonyl (C=O) groups is 2. The highest BCUT2D eigenvalue weighted by Crippen LogP contribution is 2.31. The van der Waals surface area contributed by atoms with Gasteiger partial charge in [-0.1, -0.05) is 30.3 Å². The fourth-order valence-electron chi connectivity index (χ4n) is 2.76. The molecule has 0 radical (unpaired) electrons. The van der Waals surface area contributed by atoms with Crippen LogP contribution in [0.1, 0.15) is 12.0 Å². The molecular formula is C18H16BrFN2O2. The molecule has 0 saturated carbocycles. The minimum absolute atomic E-state index is 0.0899. The lowest BCUT2D eigenvalue weighted by Crippen LogP contribution is -2.32. The number of carbonyl (C=O) groups excluding carboxylic acids is 2. The third kappa shape index (κ3) is 3.48.